The molecule has 0 spiro atoms. The third kappa shape index (κ3) is 1.84. The lowest BCUT2D eigenvalue weighted by molar-refractivity contribution is 0.511. The lowest BCUT2D eigenvalue weighted by Gasteiger charge is -2.30. The molecule has 0 fully saturated rings. The Labute approximate surface area is 129 Å². The van der Waals surface area contributed by atoms with E-state index < -0.39 is 0 Å². The van der Waals surface area contributed by atoms with Crippen LogP contribution in [0.1, 0.15) is 17.0 Å². The van der Waals surface area contributed by atoms with E-state index in [1.54, 1.807) is 0 Å². The highest BCUT2D eigenvalue weighted by molar-refractivity contribution is 9.10. The summed E-state index contributed by atoms with van der Waals surface area (Å²) in [6.45, 7) is 0.893. The van der Waals surface area contributed by atoms with Crippen molar-refractivity contribution in [3.63, 3.8) is 0 Å². The van der Waals surface area contributed by atoms with Crippen molar-refractivity contribution in [2.75, 3.05) is 0 Å². The first-order chi connectivity index (χ1) is 9.72. The van der Waals surface area contributed by atoms with E-state index in [1.165, 1.54) is 11.1 Å². The Morgan fingerprint density at radius 3 is 3.10 bits per heavy atom. The Bertz CT molecular complexity index is 865. The summed E-state index contributed by atoms with van der Waals surface area (Å²) < 4.78 is 3.81. The van der Waals surface area contributed by atoms with Crippen LogP contribution in [-0.2, 0) is 13.0 Å². The smallest absolute Gasteiger partial charge is 0.179 e. The van der Waals surface area contributed by atoms with E-state index in [9.17, 15) is 0 Å². The molecule has 20 heavy (non-hydrogen) atoms. The monoisotopic (exact) mass is 345 g/mol. The van der Waals surface area contributed by atoms with Crippen LogP contribution < -0.4 is 0 Å². The first-order valence-electron chi connectivity index (χ1n) is 6.54. The second-order valence-electron chi connectivity index (χ2n) is 5.17. The molecule has 3 nitrogen and oxygen atoms in total. The van der Waals surface area contributed by atoms with Gasteiger partial charge in [-0.2, -0.15) is 0 Å². The number of aromatic nitrogens is 3. The minimum atomic E-state index is 0.544. The highest BCUT2D eigenvalue weighted by atomic mass is 79.9. The first kappa shape index (κ1) is 12.3. The lowest BCUT2D eigenvalue weighted by Crippen LogP contribution is -2.22. The SMILES string of the molecule is S=c1[nH]c2cc(Br)cnc2n1CC1Cc2ccccc21. The number of halogens is 1. The summed E-state index contributed by atoms with van der Waals surface area (Å²) in [4.78, 5) is 7.72. The van der Waals surface area contributed by atoms with Gasteiger partial charge >= 0.3 is 0 Å². The summed E-state index contributed by atoms with van der Waals surface area (Å²) in [6.07, 6.45) is 2.94. The lowest BCUT2D eigenvalue weighted by atomic mass is 9.77. The standard InChI is InChI=1S/C15H12BrN3S/c16-11-6-13-14(17-7-11)19(15(20)18-13)8-10-5-9-3-1-2-4-12(9)10/h1-4,6-7,10H,5,8H2,(H,18,20). The average molecular weight is 346 g/mol. The normalized spacial score (nSPS) is 16.9. The van der Waals surface area contributed by atoms with E-state index in [4.69, 9.17) is 12.2 Å². The number of H-pyrrole nitrogens is 1. The Kier molecular flexibility index (Phi) is 2.79. The van der Waals surface area contributed by atoms with Crippen LogP contribution in [0.2, 0.25) is 0 Å². The quantitative estimate of drug-likeness (QED) is 0.706. The van der Waals surface area contributed by atoms with Gasteiger partial charge < -0.3 is 9.55 Å². The van der Waals surface area contributed by atoms with Gasteiger partial charge in [-0.25, -0.2) is 4.98 Å². The summed E-state index contributed by atoms with van der Waals surface area (Å²) >= 11 is 8.87. The van der Waals surface area contributed by atoms with Crippen molar-refractivity contribution in [2.24, 2.45) is 0 Å². The van der Waals surface area contributed by atoms with Crippen molar-refractivity contribution in [1.82, 2.24) is 14.5 Å². The van der Waals surface area contributed by atoms with Crippen molar-refractivity contribution < 1.29 is 0 Å². The molecule has 100 valence electrons. The van der Waals surface area contributed by atoms with E-state index in [2.05, 4.69) is 54.7 Å². The second-order valence-corrected chi connectivity index (χ2v) is 6.47. The van der Waals surface area contributed by atoms with Gasteiger partial charge in [0.25, 0.3) is 0 Å². The first-order valence-corrected chi connectivity index (χ1v) is 7.74. The second kappa shape index (κ2) is 4.53. The van der Waals surface area contributed by atoms with Crippen LogP contribution in [0, 0.1) is 4.77 Å². The molecule has 0 aliphatic heterocycles. The number of hydrogen-bond acceptors (Lipinski definition) is 2. The molecule has 0 saturated heterocycles. The molecule has 2 heterocycles. The molecule has 0 bridgehead atoms. The van der Waals surface area contributed by atoms with E-state index >= 15 is 0 Å². The number of aromatic amines is 1. The van der Waals surface area contributed by atoms with Crippen LogP contribution in [0.3, 0.4) is 0 Å². The minimum Gasteiger partial charge on any atom is -0.329 e. The Morgan fingerprint density at radius 1 is 1.40 bits per heavy atom. The fourth-order valence-corrected chi connectivity index (χ4v) is 3.54. The molecule has 1 N–H and O–H groups in total. The van der Waals surface area contributed by atoms with Crippen LogP contribution in [-0.4, -0.2) is 14.5 Å². The fourth-order valence-electron chi connectivity index (χ4n) is 2.93. The van der Waals surface area contributed by atoms with Crippen molar-refractivity contribution in [3.05, 3.63) is 56.9 Å². The van der Waals surface area contributed by atoms with Gasteiger partial charge in [0.1, 0.15) is 0 Å². The molecule has 4 rings (SSSR count). The topological polar surface area (TPSA) is 33.6 Å². The number of hydrogen-bond donors (Lipinski definition) is 1. The van der Waals surface area contributed by atoms with Gasteiger partial charge in [0.15, 0.2) is 10.4 Å². The molecule has 5 heteroatoms. The molecular weight excluding hydrogens is 334 g/mol. The highest BCUT2D eigenvalue weighted by Gasteiger charge is 2.26. The van der Waals surface area contributed by atoms with Crippen LogP contribution in [0.5, 0.6) is 0 Å². The van der Waals surface area contributed by atoms with E-state index in [0.29, 0.717) is 5.92 Å². The third-order valence-corrected chi connectivity index (χ3v) is 4.70. The van der Waals surface area contributed by atoms with E-state index in [0.717, 1.165) is 33.4 Å². The van der Waals surface area contributed by atoms with Gasteiger partial charge in [-0.15, -0.1) is 0 Å². The van der Waals surface area contributed by atoms with Gasteiger partial charge in [0.2, 0.25) is 0 Å². The van der Waals surface area contributed by atoms with Gasteiger partial charge in [0, 0.05) is 23.1 Å². The highest BCUT2D eigenvalue weighted by Crippen LogP contribution is 2.36. The zero-order valence-corrected chi connectivity index (χ0v) is 13.0. The van der Waals surface area contributed by atoms with Crippen molar-refractivity contribution in [3.8, 4) is 0 Å². The predicted molar refractivity (Wildman–Crippen MR) is 85.5 cm³/mol. The number of imidazole rings is 1. The molecule has 1 aliphatic rings. The summed E-state index contributed by atoms with van der Waals surface area (Å²) in [5.74, 6) is 0.544. The molecule has 1 aliphatic carbocycles. The zero-order chi connectivity index (χ0) is 13.7. The van der Waals surface area contributed by atoms with E-state index in [1.807, 2.05) is 12.3 Å². The van der Waals surface area contributed by atoms with Gasteiger partial charge in [-0.05, 0) is 51.8 Å². The minimum absolute atomic E-state index is 0.544. The molecule has 1 aromatic carbocycles. The van der Waals surface area contributed by atoms with Gasteiger partial charge in [-0.3, -0.25) is 0 Å². The summed E-state index contributed by atoms with van der Waals surface area (Å²) in [7, 11) is 0. The molecule has 0 saturated carbocycles. The largest absolute Gasteiger partial charge is 0.329 e. The third-order valence-electron chi connectivity index (χ3n) is 3.94. The maximum Gasteiger partial charge on any atom is 0.179 e. The predicted octanol–water partition coefficient (Wildman–Crippen LogP) is 4.20. The number of rotatable bonds is 2. The Balaban J connectivity index is 1.74. The Hall–Kier alpha value is -1.46. The maximum absolute atomic E-state index is 5.44. The molecule has 0 radical (unpaired) electrons. The molecule has 2 aromatic heterocycles. The van der Waals surface area contributed by atoms with Crippen LogP contribution in [0.25, 0.3) is 11.2 Å². The zero-order valence-electron chi connectivity index (χ0n) is 10.6. The molecular formula is C15H12BrN3S. The van der Waals surface area contributed by atoms with Crippen molar-refractivity contribution >= 4 is 39.3 Å². The summed E-state index contributed by atoms with van der Waals surface area (Å²) in [5, 5.41) is 0. The Morgan fingerprint density at radius 2 is 2.25 bits per heavy atom. The molecule has 1 unspecified atom stereocenters. The number of nitrogens with one attached hydrogen (secondary N) is 1. The maximum atomic E-state index is 5.44. The van der Waals surface area contributed by atoms with Crippen LogP contribution in [0.4, 0.5) is 0 Å². The van der Waals surface area contributed by atoms with Gasteiger partial charge in [0.05, 0.1) is 5.52 Å². The van der Waals surface area contributed by atoms with Crippen molar-refractivity contribution in [2.45, 2.75) is 18.9 Å². The number of benzene rings is 1. The van der Waals surface area contributed by atoms with Crippen molar-refractivity contribution in [1.29, 1.82) is 0 Å². The molecule has 0 amide bonds. The molecule has 1 atom stereocenters. The number of nitrogens with zero attached hydrogens (tertiary/aromatic N) is 2. The summed E-state index contributed by atoms with van der Waals surface area (Å²) in [6, 6.07) is 10.6. The van der Waals surface area contributed by atoms with Crippen LogP contribution in [0.15, 0.2) is 41.0 Å². The molecule has 3 aromatic rings. The van der Waals surface area contributed by atoms with Crippen LogP contribution >= 0.6 is 28.1 Å². The fraction of sp³-hybridized carbons (Fsp3) is 0.200. The number of fused-ring (bicyclic) bond motifs is 2. The average Bonchev–Trinajstić information content (AvgIpc) is 2.71. The number of pyridine rings is 1. The van der Waals surface area contributed by atoms with E-state index in [-0.39, 0.29) is 0 Å². The van der Waals surface area contributed by atoms with Gasteiger partial charge in [-0.1, -0.05) is 24.3 Å². The summed E-state index contributed by atoms with van der Waals surface area (Å²) in [5.41, 5.74) is 4.82.